The molecule has 0 unspecified atom stereocenters. The lowest BCUT2D eigenvalue weighted by atomic mass is 9.96. The number of rotatable bonds is 5. The Morgan fingerprint density at radius 1 is 1.32 bits per heavy atom. The Labute approximate surface area is 152 Å². The van der Waals surface area contributed by atoms with Crippen LogP contribution in [0.1, 0.15) is 47.0 Å². The summed E-state index contributed by atoms with van der Waals surface area (Å²) in [6.45, 7) is 1.87. The zero-order valence-electron chi connectivity index (χ0n) is 14.3. The van der Waals surface area contributed by atoms with Crippen LogP contribution in [0.15, 0.2) is 5.38 Å². The maximum Gasteiger partial charge on any atom is 0.339 e. The summed E-state index contributed by atoms with van der Waals surface area (Å²) in [5.41, 5.74) is 1.65. The van der Waals surface area contributed by atoms with E-state index >= 15 is 0 Å². The summed E-state index contributed by atoms with van der Waals surface area (Å²) < 4.78 is 28.5. The van der Waals surface area contributed by atoms with Crippen LogP contribution in [0, 0.1) is 0 Å². The molecule has 0 radical (unpaired) electrons. The van der Waals surface area contributed by atoms with Crippen LogP contribution in [0.2, 0.25) is 0 Å². The number of nitrogens with zero attached hydrogens (tertiary/aromatic N) is 1. The molecular formula is C17H23NO5S2. The van der Waals surface area contributed by atoms with Crippen molar-refractivity contribution in [2.24, 2.45) is 0 Å². The monoisotopic (exact) mass is 385 g/mol. The van der Waals surface area contributed by atoms with Gasteiger partial charge in [-0.05, 0) is 44.6 Å². The van der Waals surface area contributed by atoms with Crippen molar-refractivity contribution < 1.29 is 22.7 Å². The molecule has 6 nitrogen and oxygen atoms in total. The number of hydrogen-bond acceptors (Lipinski definition) is 6. The molecule has 1 saturated heterocycles. The third-order valence-corrected chi connectivity index (χ3v) is 7.76. The second-order valence-electron chi connectivity index (χ2n) is 6.57. The summed E-state index contributed by atoms with van der Waals surface area (Å²) in [7, 11) is -3.06. The number of thiophene rings is 1. The van der Waals surface area contributed by atoms with E-state index in [9.17, 15) is 18.0 Å². The van der Waals surface area contributed by atoms with E-state index < -0.39 is 15.8 Å². The molecule has 1 aromatic heterocycles. The van der Waals surface area contributed by atoms with E-state index in [1.165, 1.54) is 9.78 Å². The standard InChI is InChI=1S/C17H23NO5S2/c1-2-18(12-7-8-25(21,22)11-12)16(19)9-23-17(20)14-10-24-15-6-4-3-5-13(14)15/h10,12H,2-9,11H2,1H3/t12-/m1/s1. The minimum atomic E-state index is -3.06. The highest BCUT2D eigenvalue weighted by Crippen LogP contribution is 2.30. The molecule has 0 aromatic carbocycles. The first-order valence-corrected chi connectivity index (χ1v) is 11.4. The van der Waals surface area contributed by atoms with Crippen molar-refractivity contribution in [2.75, 3.05) is 24.7 Å². The Bertz CT molecular complexity index is 768. The van der Waals surface area contributed by atoms with Crippen LogP contribution in [-0.4, -0.2) is 55.9 Å². The second-order valence-corrected chi connectivity index (χ2v) is 9.76. The van der Waals surface area contributed by atoms with Gasteiger partial charge < -0.3 is 9.64 Å². The molecule has 2 aliphatic rings. The minimum absolute atomic E-state index is 0.00142. The molecule has 0 bridgehead atoms. The van der Waals surface area contributed by atoms with Crippen LogP contribution in [0.4, 0.5) is 0 Å². The smallest absolute Gasteiger partial charge is 0.339 e. The van der Waals surface area contributed by atoms with Gasteiger partial charge in [-0.25, -0.2) is 13.2 Å². The maximum absolute atomic E-state index is 12.4. The molecule has 3 rings (SSSR count). The summed E-state index contributed by atoms with van der Waals surface area (Å²) in [6.07, 6.45) is 4.57. The van der Waals surface area contributed by atoms with Crippen molar-refractivity contribution >= 4 is 33.1 Å². The van der Waals surface area contributed by atoms with Gasteiger partial charge in [0.05, 0.1) is 17.1 Å². The predicted octanol–water partition coefficient (Wildman–Crippen LogP) is 1.82. The third kappa shape index (κ3) is 4.06. The first-order chi connectivity index (χ1) is 11.9. The number of fused-ring (bicyclic) bond motifs is 1. The summed E-state index contributed by atoms with van der Waals surface area (Å²) >= 11 is 1.58. The van der Waals surface area contributed by atoms with Gasteiger partial charge in [-0.3, -0.25) is 4.79 Å². The van der Waals surface area contributed by atoms with E-state index in [1.54, 1.807) is 18.3 Å². The van der Waals surface area contributed by atoms with Crippen molar-refractivity contribution in [3.63, 3.8) is 0 Å². The summed E-state index contributed by atoms with van der Waals surface area (Å²) in [5, 5.41) is 1.82. The average Bonchev–Trinajstić information content (AvgIpc) is 3.16. The molecule has 2 heterocycles. The molecule has 25 heavy (non-hydrogen) atoms. The molecule has 138 valence electrons. The third-order valence-electron chi connectivity index (χ3n) is 4.92. The minimum Gasteiger partial charge on any atom is -0.452 e. The van der Waals surface area contributed by atoms with Gasteiger partial charge in [-0.2, -0.15) is 0 Å². The van der Waals surface area contributed by atoms with Crippen LogP contribution in [0.3, 0.4) is 0 Å². The van der Waals surface area contributed by atoms with Crippen LogP contribution >= 0.6 is 11.3 Å². The Morgan fingerprint density at radius 3 is 2.76 bits per heavy atom. The quantitative estimate of drug-likeness (QED) is 0.722. The van der Waals surface area contributed by atoms with E-state index in [2.05, 4.69) is 0 Å². The molecule has 0 saturated carbocycles. The van der Waals surface area contributed by atoms with Crippen LogP contribution in [0.5, 0.6) is 0 Å². The van der Waals surface area contributed by atoms with Gasteiger partial charge in [-0.1, -0.05) is 0 Å². The molecule has 0 N–H and O–H groups in total. The molecule has 0 spiro atoms. The number of sulfone groups is 1. The van der Waals surface area contributed by atoms with Gasteiger partial charge >= 0.3 is 5.97 Å². The van der Waals surface area contributed by atoms with Crippen LogP contribution in [0.25, 0.3) is 0 Å². The lowest BCUT2D eigenvalue weighted by Gasteiger charge is -2.26. The molecule has 1 aliphatic heterocycles. The van der Waals surface area contributed by atoms with Gasteiger partial charge in [-0.15, -0.1) is 11.3 Å². The Balaban J connectivity index is 1.59. The molecule has 1 atom stereocenters. The summed E-state index contributed by atoms with van der Waals surface area (Å²) in [5.74, 6) is -0.675. The fourth-order valence-electron chi connectivity index (χ4n) is 3.61. The van der Waals surface area contributed by atoms with Gasteiger partial charge in [0.1, 0.15) is 0 Å². The maximum atomic E-state index is 12.4. The first kappa shape index (κ1) is 18.4. The Morgan fingerprint density at radius 2 is 2.08 bits per heavy atom. The average molecular weight is 386 g/mol. The van der Waals surface area contributed by atoms with Crippen molar-refractivity contribution in [3.05, 3.63) is 21.4 Å². The SMILES string of the molecule is CCN(C(=O)COC(=O)c1csc2c1CCCC2)[C@@H]1CCS(=O)(=O)C1. The van der Waals surface area contributed by atoms with E-state index in [0.717, 1.165) is 31.2 Å². The topological polar surface area (TPSA) is 80.8 Å². The lowest BCUT2D eigenvalue weighted by molar-refractivity contribution is -0.136. The van der Waals surface area contributed by atoms with E-state index in [0.29, 0.717) is 18.5 Å². The molecule has 1 fully saturated rings. The number of likely N-dealkylation sites (N-methyl/N-ethyl adjacent to an activating group) is 1. The molecular weight excluding hydrogens is 362 g/mol. The summed E-state index contributed by atoms with van der Waals surface area (Å²) in [6, 6.07) is -0.310. The van der Waals surface area contributed by atoms with Crippen molar-refractivity contribution in [2.45, 2.75) is 45.1 Å². The van der Waals surface area contributed by atoms with Crippen LogP contribution in [-0.2, 0) is 32.2 Å². The molecule has 1 aliphatic carbocycles. The largest absolute Gasteiger partial charge is 0.452 e. The number of carbonyl (C=O) groups is 2. The highest BCUT2D eigenvalue weighted by molar-refractivity contribution is 7.91. The zero-order valence-corrected chi connectivity index (χ0v) is 16.0. The fourth-order valence-corrected chi connectivity index (χ4v) is 6.46. The van der Waals surface area contributed by atoms with Crippen LogP contribution < -0.4 is 0 Å². The molecule has 1 amide bonds. The summed E-state index contributed by atoms with van der Waals surface area (Å²) in [4.78, 5) is 27.5. The highest BCUT2D eigenvalue weighted by Gasteiger charge is 2.34. The van der Waals surface area contributed by atoms with Crippen molar-refractivity contribution in [1.82, 2.24) is 4.90 Å². The lowest BCUT2D eigenvalue weighted by Crippen LogP contribution is -2.43. The number of carbonyl (C=O) groups excluding carboxylic acids is 2. The predicted molar refractivity (Wildman–Crippen MR) is 95.7 cm³/mol. The fraction of sp³-hybridized carbons (Fsp3) is 0.647. The number of esters is 1. The van der Waals surface area contributed by atoms with E-state index in [1.807, 2.05) is 5.38 Å². The second kappa shape index (κ2) is 7.45. The number of aryl methyl sites for hydroxylation is 1. The highest BCUT2D eigenvalue weighted by atomic mass is 32.2. The van der Waals surface area contributed by atoms with Gasteiger partial charge in [0.25, 0.3) is 5.91 Å². The van der Waals surface area contributed by atoms with Gasteiger partial charge in [0.15, 0.2) is 16.4 Å². The van der Waals surface area contributed by atoms with E-state index in [-0.39, 0.29) is 30.1 Å². The molecule has 1 aromatic rings. The number of amides is 1. The van der Waals surface area contributed by atoms with E-state index in [4.69, 9.17) is 4.74 Å². The number of ether oxygens (including phenoxy) is 1. The van der Waals surface area contributed by atoms with Crippen molar-refractivity contribution in [3.8, 4) is 0 Å². The first-order valence-electron chi connectivity index (χ1n) is 8.67. The number of hydrogen-bond donors (Lipinski definition) is 0. The molecule has 8 heteroatoms. The van der Waals surface area contributed by atoms with Gasteiger partial charge in [0, 0.05) is 22.8 Å². The zero-order chi connectivity index (χ0) is 18.0. The van der Waals surface area contributed by atoms with Gasteiger partial charge in [0.2, 0.25) is 0 Å². The Kier molecular flexibility index (Phi) is 5.48. The Hall–Kier alpha value is -1.41. The normalized spacial score (nSPS) is 21.6. The van der Waals surface area contributed by atoms with Crippen molar-refractivity contribution in [1.29, 1.82) is 0 Å².